The van der Waals surface area contributed by atoms with Gasteiger partial charge in [-0.3, -0.25) is 4.79 Å². The topological polar surface area (TPSA) is 61.4 Å². The van der Waals surface area contributed by atoms with E-state index in [0.29, 0.717) is 12.1 Å². The van der Waals surface area contributed by atoms with E-state index in [1.165, 1.54) is 38.5 Å². The normalized spacial score (nSPS) is 30.4. The van der Waals surface area contributed by atoms with E-state index < -0.39 is 0 Å². The summed E-state index contributed by atoms with van der Waals surface area (Å²) in [6, 6.07) is 11.3. The number of carbonyl (C=O) groups excluding carboxylic acids is 1. The highest BCUT2D eigenvalue weighted by molar-refractivity contribution is 7.80. The van der Waals surface area contributed by atoms with Crippen LogP contribution in [-0.2, 0) is 4.79 Å². The molecule has 0 heterocycles. The van der Waals surface area contributed by atoms with Gasteiger partial charge in [0.05, 0.1) is 5.69 Å². The Morgan fingerprint density at radius 1 is 1.04 bits per heavy atom. The van der Waals surface area contributed by atoms with Crippen LogP contribution in [0.1, 0.15) is 44.9 Å². The summed E-state index contributed by atoms with van der Waals surface area (Å²) >= 11 is 5.39. The number of benzene rings is 2. The van der Waals surface area contributed by atoms with Crippen molar-refractivity contribution in [2.24, 2.45) is 23.2 Å². The van der Waals surface area contributed by atoms with Gasteiger partial charge in [0.15, 0.2) is 5.11 Å². The van der Waals surface area contributed by atoms with Gasteiger partial charge in [0.2, 0.25) is 5.91 Å². The molecule has 0 saturated heterocycles. The van der Waals surface area contributed by atoms with E-state index in [4.69, 9.17) is 12.2 Å². The quantitative estimate of drug-likeness (QED) is 0.508. The van der Waals surface area contributed by atoms with Gasteiger partial charge in [0, 0.05) is 11.8 Å². The third-order valence-corrected chi connectivity index (χ3v) is 7.30. The number of nitrogens with one attached hydrogen (secondary N) is 2. The standard InChI is InChI=1S/C23H26N2O2S/c26-19-6-5-17-3-1-2-4-18(17)21(19)25-22(28)24-20(27)13-23-10-14-7-15(11-23)9-16(8-14)12-23/h1-6,14-16,26H,7-13H2,(H2,24,25,27,28). The number of carbonyl (C=O) groups is 1. The van der Waals surface area contributed by atoms with Crippen LogP contribution in [0, 0.1) is 23.2 Å². The molecule has 4 nitrogen and oxygen atoms in total. The minimum absolute atomic E-state index is 0.000763. The van der Waals surface area contributed by atoms with Crippen molar-refractivity contribution in [3.8, 4) is 5.75 Å². The first-order valence-electron chi connectivity index (χ1n) is 10.3. The van der Waals surface area contributed by atoms with E-state index in [2.05, 4.69) is 10.6 Å². The molecule has 0 radical (unpaired) electrons. The molecular weight excluding hydrogens is 368 g/mol. The summed E-state index contributed by atoms with van der Waals surface area (Å²) in [7, 11) is 0. The molecule has 0 aliphatic heterocycles. The fourth-order valence-corrected chi connectivity index (χ4v) is 6.77. The first kappa shape index (κ1) is 17.9. The largest absolute Gasteiger partial charge is 0.506 e. The fraction of sp³-hybridized carbons (Fsp3) is 0.478. The number of anilines is 1. The molecule has 4 saturated carbocycles. The molecule has 4 fully saturated rings. The van der Waals surface area contributed by atoms with Crippen LogP contribution >= 0.6 is 12.2 Å². The predicted molar refractivity (Wildman–Crippen MR) is 115 cm³/mol. The first-order chi connectivity index (χ1) is 13.5. The summed E-state index contributed by atoms with van der Waals surface area (Å²) in [6.45, 7) is 0. The van der Waals surface area contributed by atoms with Gasteiger partial charge >= 0.3 is 0 Å². The Morgan fingerprint density at radius 2 is 1.68 bits per heavy atom. The SMILES string of the molecule is O=C(CC12CC3CC(CC(C3)C1)C2)NC(=S)Nc1c(O)ccc2ccccc12. The summed E-state index contributed by atoms with van der Waals surface area (Å²) in [5.74, 6) is 2.61. The van der Waals surface area contributed by atoms with Crippen LogP contribution in [0.3, 0.4) is 0 Å². The molecule has 0 unspecified atom stereocenters. The van der Waals surface area contributed by atoms with E-state index in [0.717, 1.165) is 28.5 Å². The summed E-state index contributed by atoms with van der Waals surface area (Å²) in [6.07, 6.45) is 8.31. The van der Waals surface area contributed by atoms with E-state index in [9.17, 15) is 9.90 Å². The van der Waals surface area contributed by atoms with Gasteiger partial charge < -0.3 is 15.7 Å². The molecule has 0 atom stereocenters. The maximum atomic E-state index is 12.8. The molecular formula is C23H26N2O2S. The molecule has 0 spiro atoms. The van der Waals surface area contributed by atoms with Gasteiger partial charge in [-0.2, -0.15) is 0 Å². The molecule has 3 N–H and O–H groups in total. The van der Waals surface area contributed by atoms with Gasteiger partial charge in [0.25, 0.3) is 0 Å². The molecule has 4 aliphatic carbocycles. The minimum Gasteiger partial charge on any atom is -0.506 e. The second kappa shape index (κ2) is 6.73. The number of fused-ring (bicyclic) bond motifs is 1. The number of thiocarbonyl (C=S) groups is 1. The number of amides is 1. The van der Waals surface area contributed by atoms with Gasteiger partial charge in [-0.15, -0.1) is 0 Å². The van der Waals surface area contributed by atoms with Gasteiger partial charge in [-0.25, -0.2) is 0 Å². The summed E-state index contributed by atoms with van der Waals surface area (Å²) in [4.78, 5) is 12.8. The molecule has 2 aromatic rings. The van der Waals surface area contributed by atoms with Crippen LogP contribution in [-0.4, -0.2) is 16.1 Å². The molecule has 0 aromatic heterocycles. The van der Waals surface area contributed by atoms with Crippen molar-refractivity contribution in [2.45, 2.75) is 44.9 Å². The summed E-state index contributed by atoms with van der Waals surface area (Å²) < 4.78 is 0. The third-order valence-electron chi connectivity index (χ3n) is 7.10. The average Bonchev–Trinajstić information content (AvgIpc) is 2.62. The highest BCUT2D eigenvalue weighted by Gasteiger charge is 2.51. The lowest BCUT2D eigenvalue weighted by Gasteiger charge is -2.56. The maximum Gasteiger partial charge on any atom is 0.226 e. The van der Waals surface area contributed by atoms with Crippen LogP contribution in [0.15, 0.2) is 36.4 Å². The third kappa shape index (κ3) is 3.26. The van der Waals surface area contributed by atoms with Crippen molar-refractivity contribution < 1.29 is 9.90 Å². The van der Waals surface area contributed by atoms with Crippen molar-refractivity contribution in [2.75, 3.05) is 5.32 Å². The van der Waals surface area contributed by atoms with Crippen molar-refractivity contribution in [1.29, 1.82) is 0 Å². The Kier molecular flexibility index (Phi) is 4.31. The number of phenols is 1. The van der Waals surface area contributed by atoms with Crippen LogP contribution in [0.25, 0.3) is 10.8 Å². The van der Waals surface area contributed by atoms with Gasteiger partial charge in [-0.05, 0) is 85.4 Å². The second-order valence-electron chi connectivity index (χ2n) is 9.28. The molecule has 146 valence electrons. The number of phenolic OH excluding ortho intramolecular Hbond substituents is 1. The monoisotopic (exact) mass is 394 g/mol. The molecule has 4 aliphatic rings. The predicted octanol–water partition coefficient (Wildman–Crippen LogP) is 4.96. The lowest BCUT2D eigenvalue weighted by Crippen LogP contribution is -2.48. The Morgan fingerprint density at radius 3 is 2.36 bits per heavy atom. The number of hydrogen-bond donors (Lipinski definition) is 3. The van der Waals surface area contributed by atoms with Crippen molar-refractivity contribution in [1.82, 2.24) is 5.32 Å². The molecule has 28 heavy (non-hydrogen) atoms. The Balaban J connectivity index is 1.27. The second-order valence-corrected chi connectivity index (χ2v) is 9.69. The average molecular weight is 395 g/mol. The number of rotatable bonds is 3. The smallest absolute Gasteiger partial charge is 0.226 e. The zero-order valence-corrected chi connectivity index (χ0v) is 16.7. The fourth-order valence-electron chi connectivity index (χ4n) is 6.55. The summed E-state index contributed by atoms with van der Waals surface area (Å²) in [5, 5.41) is 18.3. The maximum absolute atomic E-state index is 12.8. The Bertz CT molecular complexity index is 919. The van der Waals surface area contributed by atoms with E-state index in [-0.39, 0.29) is 22.2 Å². The molecule has 1 amide bonds. The van der Waals surface area contributed by atoms with E-state index in [1.54, 1.807) is 6.07 Å². The van der Waals surface area contributed by atoms with Crippen LogP contribution in [0.4, 0.5) is 5.69 Å². The molecule has 2 aromatic carbocycles. The Labute approximate surface area is 170 Å². The van der Waals surface area contributed by atoms with Crippen molar-refractivity contribution >= 4 is 39.7 Å². The summed E-state index contributed by atoms with van der Waals surface area (Å²) in [5.41, 5.74) is 0.731. The van der Waals surface area contributed by atoms with Gasteiger partial charge in [-0.1, -0.05) is 30.3 Å². The Hall–Kier alpha value is -2.14. The highest BCUT2D eigenvalue weighted by atomic mass is 32.1. The highest BCUT2D eigenvalue weighted by Crippen LogP contribution is 2.61. The van der Waals surface area contributed by atoms with Crippen LogP contribution in [0.2, 0.25) is 0 Å². The van der Waals surface area contributed by atoms with E-state index >= 15 is 0 Å². The number of hydrogen-bond acceptors (Lipinski definition) is 3. The molecule has 5 heteroatoms. The van der Waals surface area contributed by atoms with Crippen LogP contribution in [0.5, 0.6) is 5.75 Å². The molecule has 4 bridgehead atoms. The van der Waals surface area contributed by atoms with Crippen LogP contribution < -0.4 is 10.6 Å². The molecule has 6 rings (SSSR count). The zero-order chi connectivity index (χ0) is 19.3. The van der Waals surface area contributed by atoms with Crippen molar-refractivity contribution in [3.63, 3.8) is 0 Å². The number of aromatic hydroxyl groups is 1. The van der Waals surface area contributed by atoms with E-state index in [1.807, 2.05) is 30.3 Å². The lowest BCUT2D eigenvalue weighted by atomic mass is 9.49. The minimum atomic E-state index is -0.000763. The first-order valence-corrected chi connectivity index (χ1v) is 10.7. The lowest BCUT2D eigenvalue weighted by molar-refractivity contribution is -0.127. The zero-order valence-electron chi connectivity index (χ0n) is 15.9. The van der Waals surface area contributed by atoms with Crippen molar-refractivity contribution in [3.05, 3.63) is 36.4 Å². The van der Waals surface area contributed by atoms with Gasteiger partial charge in [0.1, 0.15) is 5.75 Å².